The number of benzene rings is 3. The maximum absolute atomic E-state index is 12.2. The van der Waals surface area contributed by atoms with Gasteiger partial charge in [-0.2, -0.15) is 0 Å². The number of nitrogens with one attached hydrogen (secondary N) is 1. The van der Waals surface area contributed by atoms with Crippen molar-refractivity contribution in [3.05, 3.63) is 72.3 Å². The van der Waals surface area contributed by atoms with E-state index < -0.39 is 0 Å². The zero-order chi connectivity index (χ0) is 16.9. The van der Waals surface area contributed by atoms with Crippen LogP contribution in [0.4, 0.5) is 5.69 Å². The van der Waals surface area contributed by atoms with E-state index in [9.17, 15) is 9.90 Å². The third-order valence-electron chi connectivity index (χ3n) is 3.68. The van der Waals surface area contributed by atoms with Crippen molar-refractivity contribution >= 4 is 28.4 Å². The number of amides is 1. The van der Waals surface area contributed by atoms with Crippen molar-refractivity contribution in [2.75, 3.05) is 12.4 Å². The van der Waals surface area contributed by atoms with Gasteiger partial charge in [0.1, 0.15) is 0 Å². The van der Waals surface area contributed by atoms with Gasteiger partial charge >= 0.3 is 0 Å². The Morgan fingerprint density at radius 3 is 2.71 bits per heavy atom. The van der Waals surface area contributed by atoms with Gasteiger partial charge in [0.05, 0.1) is 7.11 Å². The van der Waals surface area contributed by atoms with E-state index in [1.54, 1.807) is 18.2 Å². The van der Waals surface area contributed by atoms with Crippen molar-refractivity contribution in [2.24, 2.45) is 0 Å². The second-order valence-corrected chi connectivity index (χ2v) is 5.28. The lowest BCUT2D eigenvalue weighted by atomic mass is 10.1. The summed E-state index contributed by atoms with van der Waals surface area (Å²) in [6.45, 7) is 0. The Hall–Kier alpha value is -3.27. The summed E-state index contributed by atoms with van der Waals surface area (Å²) < 4.78 is 5.05. The maximum atomic E-state index is 12.2. The van der Waals surface area contributed by atoms with Gasteiger partial charge in [-0.05, 0) is 35.2 Å². The highest BCUT2D eigenvalue weighted by atomic mass is 16.5. The molecule has 0 aromatic heterocycles. The fourth-order valence-corrected chi connectivity index (χ4v) is 2.48. The summed E-state index contributed by atoms with van der Waals surface area (Å²) >= 11 is 0. The number of rotatable bonds is 4. The van der Waals surface area contributed by atoms with Gasteiger partial charge in [0, 0.05) is 17.1 Å². The predicted molar refractivity (Wildman–Crippen MR) is 96.3 cm³/mol. The Morgan fingerprint density at radius 2 is 1.88 bits per heavy atom. The fraction of sp³-hybridized carbons (Fsp3) is 0.0500. The molecule has 0 radical (unpaired) electrons. The van der Waals surface area contributed by atoms with Gasteiger partial charge in [0.15, 0.2) is 11.5 Å². The van der Waals surface area contributed by atoms with E-state index in [0.717, 1.165) is 22.0 Å². The largest absolute Gasteiger partial charge is 0.504 e. The van der Waals surface area contributed by atoms with Crippen LogP contribution in [0.15, 0.2) is 66.7 Å². The number of hydrogen-bond donors (Lipinski definition) is 2. The molecule has 120 valence electrons. The molecule has 4 nitrogen and oxygen atoms in total. The molecule has 3 aromatic carbocycles. The number of carbonyl (C=O) groups excluding carboxylic acids is 1. The van der Waals surface area contributed by atoms with Crippen molar-refractivity contribution < 1.29 is 14.6 Å². The van der Waals surface area contributed by atoms with E-state index in [0.29, 0.717) is 5.75 Å². The molecular weight excluding hydrogens is 302 g/mol. The van der Waals surface area contributed by atoms with Crippen LogP contribution in [0.5, 0.6) is 11.5 Å². The number of phenols is 1. The minimum absolute atomic E-state index is 0.0647. The lowest BCUT2D eigenvalue weighted by Gasteiger charge is -2.07. The number of phenolic OH excluding ortho intramolecular Hbond substituents is 1. The van der Waals surface area contributed by atoms with Gasteiger partial charge < -0.3 is 15.2 Å². The summed E-state index contributed by atoms with van der Waals surface area (Å²) in [6, 6.07) is 18.6. The maximum Gasteiger partial charge on any atom is 0.248 e. The molecule has 0 bridgehead atoms. The lowest BCUT2D eigenvalue weighted by molar-refractivity contribution is -0.111. The number of anilines is 1. The Labute approximate surface area is 140 Å². The molecule has 0 spiro atoms. The molecule has 4 heteroatoms. The molecule has 1 amide bonds. The molecule has 3 rings (SSSR count). The molecule has 0 atom stereocenters. The monoisotopic (exact) mass is 319 g/mol. The van der Waals surface area contributed by atoms with Crippen LogP contribution < -0.4 is 10.1 Å². The normalized spacial score (nSPS) is 10.9. The van der Waals surface area contributed by atoms with Crippen molar-refractivity contribution in [3.63, 3.8) is 0 Å². The minimum atomic E-state index is -0.224. The highest BCUT2D eigenvalue weighted by molar-refractivity contribution is 6.07. The van der Waals surface area contributed by atoms with Crippen LogP contribution in [0, 0.1) is 0 Å². The summed E-state index contributed by atoms with van der Waals surface area (Å²) in [4.78, 5) is 12.2. The Balaban J connectivity index is 1.78. The number of ether oxygens (including phenoxy) is 1. The quantitative estimate of drug-likeness (QED) is 0.708. The summed E-state index contributed by atoms with van der Waals surface area (Å²) in [5.41, 5.74) is 1.53. The molecule has 2 N–H and O–H groups in total. The SMILES string of the molecule is COc1cc(/C=C/C(=O)Nc2cccc3ccccc23)ccc1O. The van der Waals surface area contributed by atoms with Crippen molar-refractivity contribution in [1.29, 1.82) is 0 Å². The molecule has 0 saturated heterocycles. The fourth-order valence-electron chi connectivity index (χ4n) is 2.48. The average Bonchev–Trinajstić information content (AvgIpc) is 2.61. The Morgan fingerprint density at radius 1 is 1.08 bits per heavy atom. The summed E-state index contributed by atoms with van der Waals surface area (Å²) in [5, 5.41) is 14.5. The molecule has 0 aliphatic carbocycles. The van der Waals surface area contributed by atoms with Gasteiger partial charge in [0.25, 0.3) is 0 Å². The number of aromatic hydroxyl groups is 1. The Kier molecular flexibility index (Phi) is 4.47. The molecule has 3 aromatic rings. The first-order valence-electron chi connectivity index (χ1n) is 7.51. The van der Waals surface area contributed by atoms with E-state index >= 15 is 0 Å². The second-order valence-electron chi connectivity index (χ2n) is 5.28. The zero-order valence-electron chi connectivity index (χ0n) is 13.2. The third kappa shape index (κ3) is 3.38. The summed E-state index contributed by atoms with van der Waals surface area (Å²) in [5.74, 6) is 0.208. The van der Waals surface area contributed by atoms with Gasteiger partial charge in [-0.25, -0.2) is 0 Å². The molecule has 0 heterocycles. The average molecular weight is 319 g/mol. The Bertz CT molecular complexity index is 910. The van der Waals surface area contributed by atoms with Crippen LogP contribution in [0.2, 0.25) is 0 Å². The standard InChI is InChI=1S/C20H17NO3/c1-24-19-13-14(9-11-18(19)22)10-12-20(23)21-17-8-4-6-15-5-2-3-7-16(15)17/h2-13,22H,1H3,(H,21,23)/b12-10+. The smallest absolute Gasteiger partial charge is 0.248 e. The van der Waals surface area contributed by atoms with Crippen LogP contribution in [0.3, 0.4) is 0 Å². The van der Waals surface area contributed by atoms with E-state index in [1.165, 1.54) is 19.3 Å². The van der Waals surface area contributed by atoms with E-state index in [1.807, 2.05) is 42.5 Å². The first-order valence-corrected chi connectivity index (χ1v) is 7.51. The summed E-state index contributed by atoms with van der Waals surface area (Å²) in [6.07, 6.45) is 3.12. The molecule has 0 aliphatic rings. The van der Waals surface area contributed by atoms with E-state index in [2.05, 4.69) is 5.32 Å². The predicted octanol–water partition coefficient (Wildman–Crippen LogP) is 4.21. The number of methoxy groups -OCH3 is 1. The third-order valence-corrected chi connectivity index (χ3v) is 3.68. The van der Waals surface area contributed by atoms with Crippen LogP contribution in [-0.4, -0.2) is 18.1 Å². The molecule has 0 saturated carbocycles. The van der Waals surface area contributed by atoms with Gasteiger partial charge in [-0.15, -0.1) is 0 Å². The van der Waals surface area contributed by atoms with Gasteiger partial charge in [0.2, 0.25) is 5.91 Å². The molecule has 0 unspecified atom stereocenters. The second kappa shape index (κ2) is 6.87. The highest BCUT2D eigenvalue weighted by Crippen LogP contribution is 2.27. The number of fused-ring (bicyclic) bond motifs is 1. The van der Waals surface area contributed by atoms with Gasteiger partial charge in [-0.1, -0.05) is 42.5 Å². The molecule has 24 heavy (non-hydrogen) atoms. The first-order chi connectivity index (χ1) is 11.7. The summed E-state index contributed by atoms with van der Waals surface area (Å²) in [7, 11) is 1.48. The van der Waals surface area contributed by atoms with Crippen molar-refractivity contribution in [2.45, 2.75) is 0 Å². The molecule has 0 fully saturated rings. The lowest BCUT2D eigenvalue weighted by Crippen LogP contribution is -2.07. The van der Waals surface area contributed by atoms with Crippen LogP contribution in [0.25, 0.3) is 16.8 Å². The van der Waals surface area contributed by atoms with Crippen LogP contribution in [-0.2, 0) is 4.79 Å². The number of hydrogen-bond acceptors (Lipinski definition) is 3. The van der Waals surface area contributed by atoms with Crippen molar-refractivity contribution in [1.82, 2.24) is 0 Å². The number of carbonyl (C=O) groups is 1. The molecular formula is C20H17NO3. The van der Waals surface area contributed by atoms with E-state index in [4.69, 9.17) is 4.74 Å². The first kappa shape index (κ1) is 15.6. The van der Waals surface area contributed by atoms with Crippen molar-refractivity contribution in [3.8, 4) is 11.5 Å². The van der Waals surface area contributed by atoms with Gasteiger partial charge in [-0.3, -0.25) is 4.79 Å². The van der Waals surface area contributed by atoms with Crippen LogP contribution >= 0.6 is 0 Å². The van der Waals surface area contributed by atoms with Crippen LogP contribution in [0.1, 0.15) is 5.56 Å². The van der Waals surface area contributed by atoms with E-state index in [-0.39, 0.29) is 11.7 Å². The zero-order valence-corrected chi connectivity index (χ0v) is 13.2. The molecule has 0 aliphatic heterocycles. The highest BCUT2D eigenvalue weighted by Gasteiger charge is 2.04. The topological polar surface area (TPSA) is 58.6 Å². The minimum Gasteiger partial charge on any atom is -0.504 e.